The Labute approximate surface area is 246 Å². The van der Waals surface area contributed by atoms with Crippen molar-refractivity contribution in [3.63, 3.8) is 0 Å². The third-order valence-electron chi connectivity index (χ3n) is 6.21. The number of ether oxygens (including phenoxy) is 2. The Bertz CT molecular complexity index is 1800. The minimum atomic E-state index is -0.896. The van der Waals surface area contributed by atoms with Crippen LogP contribution < -0.4 is 19.6 Å². The number of aromatic hydroxyl groups is 1. The molecular formula is C30H24FIN2O5S. The predicted molar refractivity (Wildman–Crippen MR) is 159 cm³/mol. The zero-order valence-electron chi connectivity index (χ0n) is 21.6. The van der Waals surface area contributed by atoms with Crippen LogP contribution in [0.25, 0.3) is 11.8 Å². The number of nitrogens with zero attached hydrogens (tertiary/aromatic N) is 2. The molecule has 1 aromatic heterocycles. The first-order valence-electron chi connectivity index (χ1n) is 12.5. The molecule has 1 N–H and O–H groups in total. The molecule has 3 aromatic carbocycles. The number of thiazole rings is 1. The Morgan fingerprint density at radius 1 is 1.12 bits per heavy atom. The largest absolute Gasteiger partial charge is 0.504 e. The van der Waals surface area contributed by atoms with E-state index in [0.29, 0.717) is 47.6 Å². The predicted octanol–water partition coefficient (Wildman–Crippen LogP) is 4.78. The van der Waals surface area contributed by atoms with Crippen LogP contribution in [-0.2, 0) is 9.53 Å². The summed E-state index contributed by atoms with van der Waals surface area (Å²) in [5.74, 6) is -0.700. The van der Waals surface area contributed by atoms with Gasteiger partial charge in [-0.3, -0.25) is 9.36 Å². The standard InChI is InChI=1S/C30H24FIN2O5S/c1-3-38-22-15-17(14-21(32)27(22)35)16-23-28(36)34-26(19-10-12-20(31)13-11-19)24(29(37)39-4-2)25(33-30(34)40-23)18-8-6-5-7-9-18/h5-16,26,35H,3-4H2,1-2H3/b23-16-/t26-/m0/s1. The van der Waals surface area contributed by atoms with E-state index in [1.165, 1.54) is 28.0 Å². The number of aromatic nitrogens is 1. The van der Waals surface area contributed by atoms with E-state index in [4.69, 9.17) is 14.5 Å². The lowest BCUT2D eigenvalue weighted by Gasteiger charge is -2.25. The van der Waals surface area contributed by atoms with Gasteiger partial charge in [0.15, 0.2) is 16.3 Å². The van der Waals surface area contributed by atoms with Crippen LogP contribution in [-0.4, -0.2) is 28.9 Å². The number of carbonyl (C=O) groups excluding carboxylic acids is 1. The molecule has 0 saturated heterocycles. The van der Waals surface area contributed by atoms with E-state index in [1.807, 2.05) is 59.8 Å². The molecule has 0 bridgehead atoms. The van der Waals surface area contributed by atoms with Crippen molar-refractivity contribution in [2.45, 2.75) is 19.9 Å². The molecule has 0 saturated carbocycles. The van der Waals surface area contributed by atoms with Crippen LogP contribution in [0, 0.1) is 9.39 Å². The molecule has 5 rings (SSSR count). The van der Waals surface area contributed by atoms with Crippen molar-refractivity contribution in [1.29, 1.82) is 0 Å². The summed E-state index contributed by atoms with van der Waals surface area (Å²) < 4.78 is 27.3. The average molecular weight is 671 g/mol. The molecule has 10 heteroatoms. The van der Waals surface area contributed by atoms with Gasteiger partial charge in [-0.2, -0.15) is 0 Å². The van der Waals surface area contributed by atoms with E-state index >= 15 is 0 Å². The summed E-state index contributed by atoms with van der Waals surface area (Å²) in [4.78, 5) is 32.6. The number of carbonyl (C=O) groups is 1. The zero-order valence-corrected chi connectivity index (χ0v) is 24.5. The highest BCUT2D eigenvalue weighted by atomic mass is 127. The summed E-state index contributed by atoms with van der Waals surface area (Å²) in [7, 11) is 0. The van der Waals surface area contributed by atoms with E-state index in [0.717, 1.165) is 0 Å². The second kappa shape index (κ2) is 11.8. The Morgan fingerprint density at radius 3 is 2.52 bits per heavy atom. The first-order chi connectivity index (χ1) is 19.3. The maximum Gasteiger partial charge on any atom is 0.338 e. The number of hydrogen-bond donors (Lipinski definition) is 1. The lowest BCUT2D eigenvalue weighted by atomic mass is 9.93. The van der Waals surface area contributed by atoms with Crippen LogP contribution in [0.2, 0.25) is 0 Å². The molecule has 0 amide bonds. The minimum absolute atomic E-state index is 0.0314. The molecule has 0 spiro atoms. The normalized spacial score (nSPS) is 15.0. The van der Waals surface area contributed by atoms with Gasteiger partial charge in [-0.25, -0.2) is 14.2 Å². The highest BCUT2D eigenvalue weighted by molar-refractivity contribution is 14.1. The number of phenols is 1. The number of benzene rings is 3. The van der Waals surface area contributed by atoms with Gasteiger partial charge in [0, 0.05) is 5.56 Å². The van der Waals surface area contributed by atoms with Crippen molar-refractivity contribution < 1.29 is 23.8 Å². The summed E-state index contributed by atoms with van der Waals surface area (Å²) >= 11 is 3.18. The fourth-order valence-electron chi connectivity index (χ4n) is 4.49. The van der Waals surface area contributed by atoms with Gasteiger partial charge in [0.2, 0.25) is 0 Å². The number of hydrogen-bond acceptors (Lipinski definition) is 7. The van der Waals surface area contributed by atoms with Crippen LogP contribution >= 0.6 is 33.9 Å². The van der Waals surface area contributed by atoms with E-state index in [2.05, 4.69) is 0 Å². The van der Waals surface area contributed by atoms with E-state index in [-0.39, 0.29) is 23.5 Å². The van der Waals surface area contributed by atoms with Crippen molar-refractivity contribution >= 4 is 51.7 Å². The summed E-state index contributed by atoms with van der Waals surface area (Å²) in [6.07, 6.45) is 1.70. The molecule has 0 radical (unpaired) electrons. The fraction of sp³-hybridized carbons (Fsp3) is 0.167. The maximum atomic E-state index is 14.0. The highest BCUT2D eigenvalue weighted by Gasteiger charge is 2.35. The average Bonchev–Trinajstić information content (AvgIpc) is 3.26. The number of esters is 1. The van der Waals surface area contributed by atoms with E-state index in [9.17, 15) is 19.1 Å². The van der Waals surface area contributed by atoms with Gasteiger partial charge >= 0.3 is 5.97 Å². The SMILES string of the molecule is CCOC(=O)C1=C(c2ccccc2)N=c2s/c(=C\c3cc(I)c(O)c(OCC)c3)c(=O)n2[C@H]1c1ccc(F)cc1. The van der Waals surface area contributed by atoms with Gasteiger partial charge in [-0.05, 0) is 77.9 Å². The minimum Gasteiger partial charge on any atom is -0.504 e. The molecule has 204 valence electrons. The van der Waals surface area contributed by atoms with Crippen molar-refractivity contribution in [1.82, 2.24) is 4.57 Å². The molecule has 1 aliphatic rings. The molecular weight excluding hydrogens is 646 g/mol. The van der Waals surface area contributed by atoms with Crippen molar-refractivity contribution in [2.24, 2.45) is 4.99 Å². The van der Waals surface area contributed by atoms with Crippen LogP contribution in [0.15, 0.2) is 82.1 Å². The van der Waals surface area contributed by atoms with Crippen molar-refractivity contribution in [3.8, 4) is 11.5 Å². The molecule has 2 heterocycles. The number of halogens is 2. The third-order valence-corrected chi connectivity index (χ3v) is 8.01. The molecule has 40 heavy (non-hydrogen) atoms. The first kappa shape index (κ1) is 27.8. The molecule has 0 aliphatic carbocycles. The summed E-state index contributed by atoms with van der Waals surface area (Å²) in [5.41, 5.74) is 2.09. The topological polar surface area (TPSA) is 90.1 Å². The monoisotopic (exact) mass is 670 g/mol. The van der Waals surface area contributed by atoms with Crippen LogP contribution in [0.4, 0.5) is 4.39 Å². The first-order valence-corrected chi connectivity index (χ1v) is 14.4. The number of phenolic OH excluding ortho intramolecular Hbond substituents is 1. The van der Waals surface area contributed by atoms with Crippen molar-refractivity contribution in [3.05, 3.63) is 118 Å². The van der Waals surface area contributed by atoms with Gasteiger partial charge in [0.05, 0.1) is 38.6 Å². The lowest BCUT2D eigenvalue weighted by Crippen LogP contribution is -2.40. The second-order valence-electron chi connectivity index (χ2n) is 8.77. The Hall–Kier alpha value is -3.77. The van der Waals surface area contributed by atoms with Gasteiger partial charge < -0.3 is 14.6 Å². The molecule has 4 aromatic rings. The van der Waals surface area contributed by atoms with E-state index in [1.54, 1.807) is 37.3 Å². The van der Waals surface area contributed by atoms with Crippen LogP contribution in [0.3, 0.4) is 0 Å². The van der Waals surface area contributed by atoms with Gasteiger partial charge in [0.25, 0.3) is 5.56 Å². The second-order valence-corrected chi connectivity index (χ2v) is 10.9. The lowest BCUT2D eigenvalue weighted by molar-refractivity contribution is -0.138. The Morgan fingerprint density at radius 2 is 1.85 bits per heavy atom. The summed E-state index contributed by atoms with van der Waals surface area (Å²) in [6, 6.07) is 17.4. The molecule has 1 atom stereocenters. The summed E-state index contributed by atoms with van der Waals surface area (Å²) in [6.45, 7) is 4.02. The van der Waals surface area contributed by atoms with Gasteiger partial charge in [-0.15, -0.1) is 0 Å². The number of fused-ring (bicyclic) bond motifs is 1. The third kappa shape index (κ3) is 5.33. The number of rotatable bonds is 7. The molecule has 7 nitrogen and oxygen atoms in total. The molecule has 1 aliphatic heterocycles. The zero-order chi connectivity index (χ0) is 28.4. The quantitative estimate of drug-likeness (QED) is 0.226. The van der Waals surface area contributed by atoms with E-state index < -0.39 is 17.8 Å². The highest BCUT2D eigenvalue weighted by Crippen LogP contribution is 2.36. The smallest absolute Gasteiger partial charge is 0.338 e. The molecule has 0 fully saturated rings. The fourth-order valence-corrected chi connectivity index (χ4v) is 6.12. The van der Waals surface area contributed by atoms with Crippen LogP contribution in [0.5, 0.6) is 11.5 Å². The Kier molecular flexibility index (Phi) is 8.17. The van der Waals surface area contributed by atoms with Crippen molar-refractivity contribution in [2.75, 3.05) is 13.2 Å². The summed E-state index contributed by atoms with van der Waals surface area (Å²) in [5, 5.41) is 10.3. The molecule has 0 unspecified atom stereocenters. The van der Waals surface area contributed by atoms with Gasteiger partial charge in [-0.1, -0.05) is 53.8 Å². The van der Waals surface area contributed by atoms with Gasteiger partial charge in [0.1, 0.15) is 5.82 Å². The van der Waals surface area contributed by atoms with Crippen LogP contribution in [0.1, 0.15) is 36.6 Å². The Balaban J connectivity index is 1.80. The maximum absolute atomic E-state index is 14.0.